The molecule has 0 saturated heterocycles. The zero-order valence-corrected chi connectivity index (χ0v) is 10.2. The lowest BCUT2D eigenvalue weighted by molar-refractivity contribution is 0.112. The van der Waals surface area contributed by atoms with Crippen molar-refractivity contribution in [1.82, 2.24) is 0 Å². The molecular weight excluding hydrogens is 196 g/mol. The Kier molecular flexibility index (Phi) is 3.42. The van der Waals surface area contributed by atoms with E-state index in [1.165, 1.54) is 31.2 Å². The second-order valence-corrected chi connectivity index (χ2v) is 5.19. The number of carbonyl (C=O) groups excluding carboxylic acids is 1. The topological polar surface area (TPSA) is 17.1 Å². The van der Waals surface area contributed by atoms with Gasteiger partial charge in [0.1, 0.15) is 6.29 Å². The molecule has 1 aliphatic rings. The average molecular weight is 216 g/mol. The van der Waals surface area contributed by atoms with Gasteiger partial charge in [0.25, 0.3) is 0 Å². The van der Waals surface area contributed by atoms with E-state index in [0.29, 0.717) is 0 Å². The highest BCUT2D eigenvalue weighted by molar-refractivity contribution is 5.77. The minimum absolute atomic E-state index is 0.718. The van der Waals surface area contributed by atoms with Crippen LogP contribution >= 0.6 is 0 Å². The molecule has 2 rings (SSSR count). The average Bonchev–Trinajstić information content (AvgIpc) is 2.30. The molecular formula is C15H20O. The summed E-state index contributed by atoms with van der Waals surface area (Å²) in [5, 5.41) is 0. The van der Waals surface area contributed by atoms with Crippen molar-refractivity contribution in [2.75, 3.05) is 0 Å². The Morgan fingerprint density at radius 3 is 2.44 bits per heavy atom. The van der Waals surface area contributed by atoms with Gasteiger partial charge in [0.15, 0.2) is 0 Å². The summed E-state index contributed by atoms with van der Waals surface area (Å²) in [6.45, 7) is 4.37. The smallest absolute Gasteiger partial charge is 0.150 e. The summed E-state index contributed by atoms with van der Waals surface area (Å²) >= 11 is 0. The molecule has 1 aromatic rings. The van der Waals surface area contributed by atoms with Crippen molar-refractivity contribution < 1.29 is 4.79 Å². The molecule has 0 N–H and O–H groups in total. The third-order valence-electron chi connectivity index (χ3n) is 3.91. The lowest BCUT2D eigenvalue weighted by atomic mass is 9.79. The number of carbonyl (C=O) groups is 1. The minimum atomic E-state index is 0.718. The first kappa shape index (κ1) is 11.4. The van der Waals surface area contributed by atoms with E-state index in [2.05, 4.69) is 19.1 Å². The molecule has 1 heteroatoms. The van der Waals surface area contributed by atoms with E-state index < -0.39 is 0 Å². The molecule has 0 aromatic heterocycles. The number of rotatable bonds is 2. The van der Waals surface area contributed by atoms with Crippen LogP contribution < -0.4 is 0 Å². The zero-order valence-electron chi connectivity index (χ0n) is 10.2. The summed E-state index contributed by atoms with van der Waals surface area (Å²) in [5.41, 5.74) is 3.37. The molecule has 86 valence electrons. The first-order valence-electron chi connectivity index (χ1n) is 6.26. The maximum atomic E-state index is 10.8. The number of hydrogen-bond donors (Lipinski definition) is 0. The van der Waals surface area contributed by atoms with Crippen LogP contribution in [0.1, 0.15) is 60.0 Å². The number of aldehydes is 1. The van der Waals surface area contributed by atoms with Crippen molar-refractivity contribution >= 4 is 6.29 Å². The van der Waals surface area contributed by atoms with E-state index in [4.69, 9.17) is 0 Å². The van der Waals surface area contributed by atoms with E-state index in [1.54, 1.807) is 0 Å². The van der Waals surface area contributed by atoms with Crippen molar-refractivity contribution in [2.45, 2.75) is 45.4 Å². The Morgan fingerprint density at radius 2 is 1.88 bits per heavy atom. The Bertz CT molecular complexity index is 373. The third-order valence-corrected chi connectivity index (χ3v) is 3.91. The van der Waals surface area contributed by atoms with Gasteiger partial charge < -0.3 is 0 Å². The summed E-state index contributed by atoms with van der Waals surface area (Å²) < 4.78 is 0. The van der Waals surface area contributed by atoms with Crippen LogP contribution in [-0.2, 0) is 0 Å². The summed E-state index contributed by atoms with van der Waals surface area (Å²) in [6, 6.07) is 6.30. The van der Waals surface area contributed by atoms with Crippen LogP contribution in [0.4, 0.5) is 0 Å². The van der Waals surface area contributed by atoms with Gasteiger partial charge in [-0.05, 0) is 42.7 Å². The highest BCUT2D eigenvalue weighted by Gasteiger charge is 2.19. The molecule has 0 heterocycles. The summed E-state index contributed by atoms with van der Waals surface area (Å²) in [5.74, 6) is 1.61. The van der Waals surface area contributed by atoms with Crippen LogP contribution in [0.3, 0.4) is 0 Å². The van der Waals surface area contributed by atoms with Crippen LogP contribution in [0, 0.1) is 12.8 Å². The predicted octanol–water partition coefficient (Wildman–Crippen LogP) is 4.10. The van der Waals surface area contributed by atoms with Gasteiger partial charge in [-0.1, -0.05) is 38.0 Å². The van der Waals surface area contributed by atoms with Gasteiger partial charge in [-0.25, -0.2) is 0 Å². The second kappa shape index (κ2) is 4.82. The molecule has 0 radical (unpaired) electrons. The molecule has 1 fully saturated rings. The maximum absolute atomic E-state index is 10.8. The molecule has 0 spiro atoms. The van der Waals surface area contributed by atoms with Gasteiger partial charge in [0.2, 0.25) is 0 Å². The number of benzene rings is 1. The van der Waals surface area contributed by atoms with Crippen LogP contribution in [0.5, 0.6) is 0 Å². The Balaban J connectivity index is 2.15. The first-order chi connectivity index (χ1) is 7.70. The summed E-state index contributed by atoms with van der Waals surface area (Å²) in [4.78, 5) is 10.8. The molecule has 0 amide bonds. The predicted molar refractivity (Wildman–Crippen MR) is 66.9 cm³/mol. The summed E-state index contributed by atoms with van der Waals surface area (Å²) in [7, 11) is 0. The van der Waals surface area contributed by atoms with Gasteiger partial charge >= 0.3 is 0 Å². The molecule has 0 aliphatic heterocycles. The summed E-state index contributed by atoms with van der Waals surface area (Å²) in [6.07, 6.45) is 6.25. The largest absolute Gasteiger partial charge is 0.298 e. The lowest BCUT2D eigenvalue weighted by Gasteiger charge is -2.26. The molecule has 0 unspecified atom stereocenters. The normalized spacial score (nSPS) is 25.4. The van der Waals surface area contributed by atoms with Crippen LogP contribution in [0.25, 0.3) is 0 Å². The second-order valence-electron chi connectivity index (χ2n) is 5.19. The minimum Gasteiger partial charge on any atom is -0.298 e. The van der Waals surface area contributed by atoms with Crippen LogP contribution in [0.15, 0.2) is 18.2 Å². The third kappa shape index (κ3) is 2.34. The first-order valence-corrected chi connectivity index (χ1v) is 6.26. The molecule has 1 saturated carbocycles. The Morgan fingerprint density at radius 1 is 1.19 bits per heavy atom. The standard InChI is InChI=1S/C15H20O/c1-11-3-5-13(6-4-11)14-7-8-15(10-16)12(2)9-14/h7-11,13H,3-6H2,1-2H3. The van der Waals surface area contributed by atoms with Gasteiger partial charge in [-0.3, -0.25) is 4.79 Å². The van der Waals surface area contributed by atoms with Gasteiger partial charge in [0, 0.05) is 5.56 Å². The highest BCUT2D eigenvalue weighted by atomic mass is 16.1. The number of hydrogen-bond acceptors (Lipinski definition) is 1. The Labute approximate surface area is 97.9 Å². The van der Waals surface area contributed by atoms with Gasteiger partial charge in [-0.15, -0.1) is 0 Å². The van der Waals surface area contributed by atoms with Crippen LogP contribution in [-0.4, -0.2) is 6.29 Å². The molecule has 1 aromatic carbocycles. The highest BCUT2D eigenvalue weighted by Crippen LogP contribution is 2.35. The quantitative estimate of drug-likeness (QED) is 0.680. The SMILES string of the molecule is Cc1cc(C2CCC(C)CC2)ccc1C=O. The van der Waals surface area contributed by atoms with E-state index in [0.717, 1.165) is 29.2 Å². The van der Waals surface area contributed by atoms with E-state index >= 15 is 0 Å². The van der Waals surface area contributed by atoms with Crippen molar-refractivity contribution in [2.24, 2.45) is 5.92 Å². The van der Waals surface area contributed by atoms with Crippen molar-refractivity contribution in [3.8, 4) is 0 Å². The molecule has 0 atom stereocenters. The lowest BCUT2D eigenvalue weighted by Crippen LogP contribution is -2.11. The van der Waals surface area contributed by atoms with Gasteiger partial charge in [-0.2, -0.15) is 0 Å². The monoisotopic (exact) mass is 216 g/mol. The van der Waals surface area contributed by atoms with Crippen molar-refractivity contribution in [1.29, 1.82) is 0 Å². The molecule has 0 bridgehead atoms. The zero-order chi connectivity index (χ0) is 11.5. The Hall–Kier alpha value is -1.11. The van der Waals surface area contributed by atoms with E-state index in [1.807, 2.05) is 13.0 Å². The molecule has 16 heavy (non-hydrogen) atoms. The maximum Gasteiger partial charge on any atom is 0.150 e. The van der Waals surface area contributed by atoms with E-state index in [9.17, 15) is 4.79 Å². The fraction of sp³-hybridized carbons (Fsp3) is 0.533. The molecule has 1 aliphatic carbocycles. The van der Waals surface area contributed by atoms with Crippen LogP contribution in [0.2, 0.25) is 0 Å². The fourth-order valence-corrected chi connectivity index (χ4v) is 2.68. The van der Waals surface area contributed by atoms with Crippen molar-refractivity contribution in [3.63, 3.8) is 0 Å². The van der Waals surface area contributed by atoms with E-state index in [-0.39, 0.29) is 0 Å². The van der Waals surface area contributed by atoms with Crippen molar-refractivity contribution in [3.05, 3.63) is 34.9 Å². The number of aryl methyl sites for hydroxylation is 1. The fourth-order valence-electron chi connectivity index (χ4n) is 2.68. The van der Waals surface area contributed by atoms with Gasteiger partial charge in [0.05, 0.1) is 0 Å². The molecule has 1 nitrogen and oxygen atoms in total.